The van der Waals surface area contributed by atoms with Crippen LogP contribution < -0.4 is 14.8 Å². The van der Waals surface area contributed by atoms with Gasteiger partial charge in [0, 0.05) is 24.6 Å². The quantitative estimate of drug-likeness (QED) is 0.649. The van der Waals surface area contributed by atoms with Gasteiger partial charge in [0.1, 0.15) is 13.2 Å². The lowest BCUT2D eigenvalue weighted by Crippen LogP contribution is -2.48. The van der Waals surface area contributed by atoms with E-state index in [-0.39, 0.29) is 17.6 Å². The fourth-order valence-electron chi connectivity index (χ4n) is 5.20. The number of hydrogen-bond acceptors (Lipinski definition) is 6. The number of nitrogens with zero attached hydrogens (tertiary/aromatic N) is 1. The average Bonchev–Trinajstić information content (AvgIpc) is 3.57. The lowest BCUT2D eigenvalue weighted by atomic mass is 9.87. The van der Waals surface area contributed by atoms with Crippen LogP contribution in [0.25, 0.3) is 0 Å². The summed E-state index contributed by atoms with van der Waals surface area (Å²) >= 11 is 1.74. The van der Waals surface area contributed by atoms with E-state index in [4.69, 9.17) is 14.2 Å². The van der Waals surface area contributed by atoms with Gasteiger partial charge in [0.25, 0.3) is 0 Å². The van der Waals surface area contributed by atoms with Crippen LogP contribution in [0.2, 0.25) is 0 Å². The summed E-state index contributed by atoms with van der Waals surface area (Å²) in [6.45, 7) is 3.93. The van der Waals surface area contributed by atoms with E-state index in [2.05, 4.69) is 39.9 Å². The molecule has 2 fully saturated rings. The molecule has 0 radical (unpaired) electrons. The Bertz CT molecular complexity index is 905. The van der Waals surface area contributed by atoms with Gasteiger partial charge >= 0.3 is 0 Å². The van der Waals surface area contributed by atoms with E-state index in [1.54, 1.807) is 11.3 Å². The molecule has 1 aromatic heterocycles. The molecule has 32 heavy (non-hydrogen) atoms. The molecule has 3 heterocycles. The maximum atomic E-state index is 13.3. The molecule has 1 amide bonds. The number of fused-ring (bicyclic) bond motifs is 1. The van der Waals surface area contributed by atoms with Crippen LogP contribution in [0.4, 0.5) is 0 Å². The molecule has 0 bridgehead atoms. The van der Waals surface area contributed by atoms with E-state index in [1.165, 1.54) is 4.88 Å². The summed E-state index contributed by atoms with van der Waals surface area (Å²) in [7, 11) is 0. The van der Waals surface area contributed by atoms with E-state index in [0.717, 1.165) is 75.3 Å². The second kappa shape index (κ2) is 9.81. The van der Waals surface area contributed by atoms with Crippen LogP contribution in [-0.4, -0.2) is 49.8 Å². The van der Waals surface area contributed by atoms with Crippen molar-refractivity contribution in [3.05, 3.63) is 46.2 Å². The third kappa shape index (κ3) is 4.95. The van der Waals surface area contributed by atoms with Gasteiger partial charge in [0.05, 0.1) is 18.2 Å². The molecule has 172 valence electrons. The summed E-state index contributed by atoms with van der Waals surface area (Å²) in [5.74, 6) is 1.65. The van der Waals surface area contributed by atoms with Gasteiger partial charge in [-0.3, -0.25) is 9.69 Å². The van der Waals surface area contributed by atoms with Crippen LogP contribution in [0, 0.1) is 0 Å². The van der Waals surface area contributed by atoms with Crippen molar-refractivity contribution in [3.63, 3.8) is 0 Å². The van der Waals surface area contributed by atoms with Crippen LogP contribution in [0.15, 0.2) is 35.7 Å². The highest BCUT2D eigenvalue weighted by Gasteiger charge is 2.38. The molecule has 6 nitrogen and oxygen atoms in total. The fraction of sp³-hybridized carbons (Fsp3) is 0.560. The van der Waals surface area contributed by atoms with Crippen LogP contribution in [-0.2, 0) is 21.6 Å². The van der Waals surface area contributed by atoms with Crippen molar-refractivity contribution in [3.8, 4) is 11.5 Å². The minimum atomic E-state index is -0.328. The number of rotatable bonds is 8. The summed E-state index contributed by atoms with van der Waals surface area (Å²) in [6, 6.07) is 10.3. The molecule has 1 aliphatic carbocycles. The summed E-state index contributed by atoms with van der Waals surface area (Å²) < 4.78 is 17.4. The zero-order valence-electron chi connectivity index (χ0n) is 18.5. The van der Waals surface area contributed by atoms with Gasteiger partial charge < -0.3 is 19.5 Å². The molecule has 0 unspecified atom stereocenters. The highest BCUT2D eigenvalue weighted by molar-refractivity contribution is 7.09. The van der Waals surface area contributed by atoms with Crippen LogP contribution in [0.5, 0.6) is 11.5 Å². The molecule has 7 heteroatoms. The number of nitrogens with one attached hydrogen (secondary N) is 1. The zero-order chi connectivity index (χ0) is 21.8. The summed E-state index contributed by atoms with van der Waals surface area (Å²) in [5.41, 5.74) is 0.794. The molecule has 1 N–H and O–H groups in total. The first-order valence-corrected chi connectivity index (χ1v) is 12.7. The first kappa shape index (κ1) is 21.7. The Labute approximate surface area is 193 Å². The number of amides is 1. The minimum Gasteiger partial charge on any atom is -0.486 e. The SMILES string of the molecule is O=C(CN(Cc1cccs1)C[C@@H]1CCCO1)NC1(c2ccc3c(c2)OCCO3)CCCC1. The third-order valence-corrected chi connectivity index (χ3v) is 7.60. The Morgan fingerprint density at radius 2 is 1.94 bits per heavy atom. The monoisotopic (exact) mass is 456 g/mol. The summed E-state index contributed by atoms with van der Waals surface area (Å²) in [5, 5.41) is 5.53. The molecular formula is C25H32N2O4S. The van der Waals surface area contributed by atoms with Crippen molar-refractivity contribution in [1.82, 2.24) is 10.2 Å². The lowest BCUT2D eigenvalue weighted by molar-refractivity contribution is -0.124. The van der Waals surface area contributed by atoms with Crippen LogP contribution >= 0.6 is 11.3 Å². The normalized spacial score (nSPS) is 21.7. The van der Waals surface area contributed by atoms with Gasteiger partial charge in [0.2, 0.25) is 5.91 Å². The van der Waals surface area contributed by atoms with Gasteiger partial charge in [-0.25, -0.2) is 0 Å². The summed E-state index contributed by atoms with van der Waals surface area (Å²) in [6.07, 6.45) is 6.54. The summed E-state index contributed by atoms with van der Waals surface area (Å²) in [4.78, 5) is 16.8. The standard InChI is InChI=1S/C25H32N2O4S/c28-24(18-27(16-20-5-3-11-29-20)17-21-6-4-14-32-21)26-25(9-1-2-10-25)19-7-8-22-23(15-19)31-13-12-30-22/h4,6-8,14-15,20H,1-3,5,9-13,16-18H2,(H,26,28)/t20-/m0/s1. The molecule has 1 saturated carbocycles. The average molecular weight is 457 g/mol. The van der Waals surface area contributed by atoms with Gasteiger partial charge in [0.15, 0.2) is 11.5 Å². The molecule has 5 rings (SSSR count). The molecule has 2 aromatic rings. The van der Waals surface area contributed by atoms with Gasteiger partial charge in [-0.2, -0.15) is 0 Å². The Kier molecular flexibility index (Phi) is 6.67. The maximum absolute atomic E-state index is 13.3. The number of ether oxygens (including phenoxy) is 3. The highest BCUT2D eigenvalue weighted by Crippen LogP contribution is 2.42. The largest absolute Gasteiger partial charge is 0.486 e. The second-order valence-electron chi connectivity index (χ2n) is 9.08. The molecule has 1 aromatic carbocycles. The Morgan fingerprint density at radius 3 is 2.69 bits per heavy atom. The van der Waals surface area contributed by atoms with E-state index in [9.17, 15) is 4.79 Å². The Hall–Kier alpha value is -2.09. The number of benzene rings is 1. The van der Waals surface area contributed by atoms with Crippen LogP contribution in [0.3, 0.4) is 0 Å². The molecule has 0 spiro atoms. The number of carbonyl (C=O) groups excluding carboxylic acids is 1. The number of hydrogen-bond donors (Lipinski definition) is 1. The zero-order valence-corrected chi connectivity index (χ0v) is 19.3. The van der Waals surface area contributed by atoms with Crippen LogP contribution in [0.1, 0.15) is 49.0 Å². The van der Waals surface area contributed by atoms with Crippen molar-refractivity contribution in [2.75, 3.05) is 32.9 Å². The Morgan fingerprint density at radius 1 is 1.09 bits per heavy atom. The van der Waals surface area contributed by atoms with Crippen molar-refractivity contribution >= 4 is 17.2 Å². The molecule has 2 aliphatic heterocycles. The van der Waals surface area contributed by atoms with Crippen molar-refractivity contribution < 1.29 is 19.0 Å². The van der Waals surface area contributed by atoms with E-state index in [0.29, 0.717) is 19.8 Å². The third-order valence-electron chi connectivity index (χ3n) is 6.74. The second-order valence-corrected chi connectivity index (χ2v) is 10.1. The highest BCUT2D eigenvalue weighted by atomic mass is 32.1. The molecule has 1 saturated heterocycles. The molecular weight excluding hydrogens is 424 g/mol. The minimum absolute atomic E-state index is 0.0799. The topological polar surface area (TPSA) is 60.0 Å². The lowest BCUT2D eigenvalue weighted by Gasteiger charge is -2.33. The van der Waals surface area contributed by atoms with Gasteiger partial charge in [-0.15, -0.1) is 11.3 Å². The predicted molar refractivity (Wildman–Crippen MR) is 124 cm³/mol. The first-order valence-electron chi connectivity index (χ1n) is 11.8. The molecule has 1 atom stereocenters. The maximum Gasteiger partial charge on any atom is 0.234 e. The number of carbonyl (C=O) groups is 1. The molecule has 3 aliphatic rings. The first-order chi connectivity index (χ1) is 15.7. The van der Waals surface area contributed by atoms with E-state index < -0.39 is 0 Å². The van der Waals surface area contributed by atoms with E-state index >= 15 is 0 Å². The number of thiophene rings is 1. The van der Waals surface area contributed by atoms with Crippen molar-refractivity contribution in [1.29, 1.82) is 0 Å². The van der Waals surface area contributed by atoms with Crippen molar-refractivity contribution in [2.24, 2.45) is 0 Å². The van der Waals surface area contributed by atoms with Gasteiger partial charge in [-0.1, -0.05) is 25.0 Å². The van der Waals surface area contributed by atoms with E-state index in [1.807, 2.05) is 6.07 Å². The van der Waals surface area contributed by atoms with Crippen molar-refractivity contribution in [2.45, 2.75) is 56.7 Å². The van der Waals surface area contributed by atoms with Gasteiger partial charge in [-0.05, 0) is 54.8 Å². The smallest absolute Gasteiger partial charge is 0.234 e. The fourth-order valence-corrected chi connectivity index (χ4v) is 5.95. The predicted octanol–water partition coefficient (Wildman–Crippen LogP) is 4.09. The Balaban J connectivity index is 1.30.